The first-order valence-electron chi connectivity index (χ1n) is 6.13. The van der Waals surface area contributed by atoms with Gasteiger partial charge in [0.05, 0.1) is 0 Å². The molecular weight excluding hydrogens is 200 g/mol. The second kappa shape index (κ2) is 6.24. The molecule has 0 heterocycles. The van der Waals surface area contributed by atoms with Crippen molar-refractivity contribution in [3.8, 4) is 0 Å². The number of hydrogen-bond donors (Lipinski definition) is 1. The third kappa shape index (κ3) is 6.83. The van der Waals surface area contributed by atoms with Crippen molar-refractivity contribution in [1.82, 2.24) is 4.90 Å². The molecule has 0 aromatic heterocycles. The third-order valence-corrected chi connectivity index (χ3v) is 2.76. The van der Waals surface area contributed by atoms with E-state index in [2.05, 4.69) is 34.6 Å². The second-order valence-electron chi connectivity index (χ2n) is 6.25. The van der Waals surface area contributed by atoms with Gasteiger partial charge in [0, 0.05) is 26.1 Å². The van der Waals surface area contributed by atoms with Gasteiger partial charge in [-0.2, -0.15) is 0 Å². The number of amides is 1. The molecule has 16 heavy (non-hydrogen) atoms. The van der Waals surface area contributed by atoms with Crippen LogP contribution in [0, 0.1) is 11.3 Å². The Morgan fingerprint density at radius 1 is 1.31 bits per heavy atom. The highest BCUT2D eigenvalue weighted by atomic mass is 16.2. The summed E-state index contributed by atoms with van der Waals surface area (Å²) in [6.07, 6.45) is 1.48. The van der Waals surface area contributed by atoms with Crippen LogP contribution in [0.3, 0.4) is 0 Å². The van der Waals surface area contributed by atoms with Gasteiger partial charge in [-0.1, -0.05) is 34.6 Å². The molecule has 0 spiro atoms. The lowest BCUT2D eigenvalue weighted by Crippen LogP contribution is -2.35. The minimum Gasteiger partial charge on any atom is -0.346 e. The van der Waals surface area contributed by atoms with Crippen molar-refractivity contribution in [2.24, 2.45) is 17.1 Å². The zero-order chi connectivity index (χ0) is 12.9. The molecule has 0 aliphatic rings. The van der Waals surface area contributed by atoms with Gasteiger partial charge in [0.15, 0.2) is 0 Å². The molecule has 0 aromatic rings. The highest BCUT2D eigenvalue weighted by molar-refractivity contribution is 5.76. The quantitative estimate of drug-likeness (QED) is 0.784. The summed E-state index contributed by atoms with van der Waals surface area (Å²) in [5.41, 5.74) is 6.02. The van der Waals surface area contributed by atoms with Crippen LogP contribution < -0.4 is 5.73 Å². The van der Waals surface area contributed by atoms with Gasteiger partial charge >= 0.3 is 0 Å². The van der Waals surface area contributed by atoms with Gasteiger partial charge in [0.1, 0.15) is 0 Å². The molecule has 0 aromatic carbocycles. The zero-order valence-corrected chi connectivity index (χ0v) is 11.7. The highest BCUT2D eigenvalue weighted by Crippen LogP contribution is 2.19. The van der Waals surface area contributed by atoms with E-state index in [1.165, 1.54) is 0 Å². The fraction of sp³-hybridized carbons (Fsp3) is 0.923. The van der Waals surface area contributed by atoms with Crippen LogP contribution in [0.1, 0.15) is 47.5 Å². The summed E-state index contributed by atoms with van der Waals surface area (Å²) in [5.74, 6) is 0.689. The Kier molecular flexibility index (Phi) is 6.01. The Morgan fingerprint density at radius 3 is 2.19 bits per heavy atom. The van der Waals surface area contributed by atoms with Crippen molar-refractivity contribution in [2.45, 2.75) is 53.5 Å². The van der Waals surface area contributed by atoms with Gasteiger partial charge in [-0.15, -0.1) is 0 Å². The van der Waals surface area contributed by atoms with E-state index in [4.69, 9.17) is 5.73 Å². The summed E-state index contributed by atoms with van der Waals surface area (Å²) < 4.78 is 0. The fourth-order valence-electron chi connectivity index (χ4n) is 1.39. The van der Waals surface area contributed by atoms with E-state index in [-0.39, 0.29) is 17.4 Å². The summed E-state index contributed by atoms with van der Waals surface area (Å²) in [5, 5.41) is 0. The summed E-state index contributed by atoms with van der Waals surface area (Å²) in [7, 11) is 1.86. The van der Waals surface area contributed by atoms with Crippen molar-refractivity contribution < 1.29 is 4.79 Å². The van der Waals surface area contributed by atoms with E-state index < -0.39 is 0 Å². The molecule has 3 heteroatoms. The molecule has 0 bridgehead atoms. The van der Waals surface area contributed by atoms with Crippen molar-refractivity contribution >= 4 is 5.91 Å². The van der Waals surface area contributed by atoms with Gasteiger partial charge in [-0.3, -0.25) is 4.79 Å². The molecule has 1 amide bonds. The second-order valence-corrected chi connectivity index (χ2v) is 6.25. The molecule has 1 atom stereocenters. The van der Waals surface area contributed by atoms with Gasteiger partial charge < -0.3 is 10.6 Å². The van der Waals surface area contributed by atoms with E-state index in [0.717, 1.165) is 13.0 Å². The molecule has 1 unspecified atom stereocenters. The van der Waals surface area contributed by atoms with Crippen molar-refractivity contribution in [3.05, 3.63) is 0 Å². The molecule has 3 nitrogen and oxygen atoms in total. The average molecular weight is 228 g/mol. The van der Waals surface area contributed by atoms with Crippen LogP contribution in [0.5, 0.6) is 0 Å². The molecule has 2 N–H and O–H groups in total. The lowest BCUT2D eigenvalue weighted by atomic mass is 9.91. The normalized spacial score (nSPS) is 14.0. The highest BCUT2D eigenvalue weighted by Gasteiger charge is 2.19. The van der Waals surface area contributed by atoms with E-state index in [1.54, 1.807) is 4.90 Å². The summed E-state index contributed by atoms with van der Waals surface area (Å²) >= 11 is 0. The number of hydrogen-bond acceptors (Lipinski definition) is 2. The fourth-order valence-corrected chi connectivity index (χ4v) is 1.39. The van der Waals surface area contributed by atoms with Crippen molar-refractivity contribution in [3.63, 3.8) is 0 Å². The minimum atomic E-state index is 0.0610. The van der Waals surface area contributed by atoms with Crippen LogP contribution in [0.4, 0.5) is 0 Å². The predicted molar refractivity (Wildman–Crippen MR) is 69.1 cm³/mol. The number of nitrogens with two attached hydrogens (primary N) is 1. The molecule has 0 fully saturated rings. The first-order chi connectivity index (χ1) is 7.13. The van der Waals surface area contributed by atoms with Crippen molar-refractivity contribution in [1.29, 1.82) is 0 Å². The Labute approximate surface area is 100 Å². The van der Waals surface area contributed by atoms with Crippen LogP contribution in [-0.2, 0) is 4.79 Å². The summed E-state index contributed by atoms with van der Waals surface area (Å²) in [6.45, 7) is 11.2. The molecule has 0 radical (unpaired) electrons. The molecule has 96 valence electrons. The predicted octanol–water partition coefficient (Wildman–Crippen LogP) is 2.25. The Balaban J connectivity index is 3.98. The molecule has 0 rings (SSSR count). The lowest BCUT2D eigenvalue weighted by molar-refractivity contribution is -0.131. The standard InChI is InChI=1S/C13H28N2O/c1-10(2)11(14)7-8-15(6)12(16)9-13(3,4)5/h10-11H,7-9,14H2,1-6H3. The van der Waals surface area contributed by atoms with E-state index in [9.17, 15) is 4.79 Å². The lowest BCUT2D eigenvalue weighted by Gasteiger charge is -2.25. The summed E-state index contributed by atoms with van der Waals surface area (Å²) in [4.78, 5) is 13.6. The van der Waals surface area contributed by atoms with Crippen LogP contribution in [0.2, 0.25) is 0 Å². The van der Waals surface area contributed by atoms with Gasteiger partial charge in [-0.05, 0) is 17.8 Å². The summed E-state index contributed by atoms with van der Waals surface area (Å²) in [6, 6.07) is 0.185. The minimum absolute atomic E-state index is 0.0610. The molecule has 0 saturated heterocycles. The van der Waals surface area contributed by atoms with Gasteiger partial charge in [0.25, 0.3) is 0 Å². The van der Waals surface area contributed by atoms with E-state index in [1.807, 2.05) is 7.05 Å². The molecule has 0 saturated carbocycles. The van der Waals surface area contributed by atoms with Gasteiger partial charge in [0.2, 0.25) is 5.91 Å². The Hall–Kier alpha value is -0.570. The van der Waals surface area contributed by atoms with Crippen LogP contribution in [0.15, 0.2) is 0 Å². The smallest absolute Gasteiger partial charge is 0.222 e. The zero-order valence-electron chi connectivity index (χ0n) is 11.7. The first-order valence-corrected chi connectivity index (χ1v) is 6.13. The van der Waals surface area contributed by atoms with E-state index >= 15 is 0 Å². The van der Waals surface area contributed by atoms with Crippen LogP contribution in [0.25, 0.3) is 0 Å². The first kappa shape index (κ1) is 15.4. The number of carbonyl (C=O) groups excluding carboxylic acids is 1. The number of rotatable bonds is 5. The molecular formula is C13H28N2O. The largest absolute Gasteiger partial charge is 0.346 e. The Morgan fingerprint density at radius 2 is 1.81 bits per heavy atom. The number of carbonyl (C=O) groups is 1. The van der Waals surface area contributed by atoms with Gasteiger partial charge in [-0.25, -0.2) is 0 Å². The maximum atomic E-state index is 11.8. The monoisotopic (exact) mass is 228 g/mol. The average Bonchev–Trinajstić information content (AvgIpc) is 2.10. The maximum absolute atomic E-state index is 11.8. The Bertz CT molecular complexity index is 218. The number of nitrogens with zero attached hydrogens (tertiary/aromatic N) is 1. The van der Waals surface area contributed by atoms with Crippen molar-refractivity contribution in [2.75, 3.05) is 13.6 Å². The third-order valence-electron chi connectivity index (χ3n) is 2.76. The van der Waals surface area contributed by atoms with Crippen LogP contribution >= 0.6 is 0 Å². The topological polar surface area (TPSA) is 46.3 Å². The van der Waals surface area contributed by atoms with E-state index in [0.29, 0.717) is 12.3 Å². The maximum Gasteiger partial charge on any atom is 0.222 e. The SMILES string of the molecule is CC(C)C(N)CCN(C)C(=O)CC(C)(C)C. The molecule has 0 aliphatic heterocycles. The molecule has 0 aliphatic carbocycles. The van der Waals surface area contributed by atoms with Crippen LogP contribution in [-0.4, -0.2) is 30.4 Å².